The zero-order valence-corrected chi connectivity index (χ0v) is 7.84. The number of aromatic nitrogens is 2. The van der Waals surface area contributed by atoms with Crippen LogP contribution in [0.25, 0.3) is 0 Å². The number of nitrogens with zero attached hydrogens (tertiary/aromatic N) is 2. The van der Waals surface area contributed by atoms with Crippen molar-refractivity contribution in [3.05, 3.63) is 18.0 Å². The highest BCUT2D eigenvalue weighted by Crippen LogP contribution is 2.21. The second-order valence-electron chi connectivity index (χ2n) is 2.85. The minimum atomic E-state index is 0.158. The van der Waals surface area contributed by atoms with Crippen molar-refractivity contribution in [1.82, 2.24) is 9.78 Å². The smallest absolute Gasteiger partial charge is 0.0492 e. The monoisotopic (exact) mass is 172 g/mol. The molecule has 2 nitrogen and oxygen atoms in total. The molecule has 1 rings (SSSR count). The summed E-state index contributed by atoms with van der Waals surface area (Å²) in [4.78, 5) is 0. The lowest BCUT2D eigenvalue weighted by atomic mass is 10.1. The van der Waals surface area contributed by atoms with E-state index in [9.17, 15) is 0 Å². The highest BCUT2D eigenvalue weighted by atomic mass is 35.5. The molecule has 0 N–H and O–H groups in total. The summed E-state index contributed by atoms with van der Waals surface area (Å²) < 4.78 is 1.86. The second kappa shape index (κ2) is 3.26. The highest BCUT2D eigenvalue weighted by molar-refractivity contribution is 6.20. The molecule has 0 aliphatic carbocycles. The molecule has 0 saturated carbocycles. The van der Waals surface area contributed by atoms with Crippen molar-refractivity contribution in [1.29, 1.82) is 0 Å². The van der Waals surface area contributed by atoms with E-state index in [0.717, 1.165) is 0 Å². The molecule has 0 aliphatic rings. The number of aryl methyl sites for hydroxylation is 1. The predicted octanol–water partition coefficient (Wildman–Crippen LogP) is 2.15. The molecule has 11 heavy (non-hydrogen) atoms. The van der Waals surface area contributed by atoms with Crippen molar-refractivity contribution in [2.45, 2.75) is 25.1 Å². The van der Waals surface area contributed by atoms with Crippen LogP contribution in [0.1, 0.15) is 25.5 Å². The van der Waals surface area contributed by atoms with Gasteiger partial charge in [0.2, 0.25) is 0 Å². The lowest BCUT2D eigenvalue weighted by molar-refractivity contribution is 0.629. The molecule has 0 aromatic carbocycles. The second-order valence-corrected chi connectivity index (χ2v) is 3.53. The molecule has 0 amide bonds. The van der Waals surface area contributed by atoms with Gasteiger partial charge in [-0.3, -0.25) is 4.68 Å². The van der Waals surface area contributed by atoms with Crippen molar-refractivity contribution in [2.24, 2.45) is 7.05 Å². The summed E-state index contributed by atoms with van der Waals surface area (Å²) >= 11 is 5.95. The Labute approximate surface area is 72.2 Å². The maximum atomic E-state index is 5.95. The van der Waals surface area contributed by atoms with Gasteiger partial charge in [0.15, 0.2) is 0 Å². The van der Waals surface area contributed by atoms with Crippen LogP contribution >= 0.6 is 11.6 Å². The average molecular weight is 173 g/mol. The quantitative estimate of drug-likeness (QED) is 0.626. The lowest BCUT2D eigenvalue weighted by Gasteiger charge is -2.13. The fourth-order valence-corrected chi connectivity index (χ4v) is 1.20. The Morgan fingerprint density at radius 3 is 2.55 bits per heavy atom. The Balaban J connectivity index is 2.84. The van der Waals surface area contributed by atoms with Crippen molar-refractivity contribution in [3.63, 3.8) is 0 Å². The molecule has 0 saturated heterocycles. The van der Waals surface area contributed by atoms with Gasteiger partial charge < -0.3 is 0 Å². The van der Waals surface area contributed by atoms with Gasteiger partial charge in [0, 0.05) is 30.2 Å². The maximum absolute atomic E-state index is 5.95. The normalized spacial score (nSPS) is 16.4. The van der Waals surface area contributed by atoms with Gasteiger partial charge in [-0.05, 0) is 13.0 Å². The van der Waals surface area contributed by atoms with E-state index in [-0.39, 0.29) is 5.38 Å². The van der Waals surface area contributed by atoms with Crippen molar-refractivity contribution < 1.29 is 0 Å². The van der Waals surface area contributed by atoms with Crippen LogP contribution in [0.15, 0.2) is 12.3 Å². The van der Waals surface area contributed by atoms with Gasteiger partial charge in [-0.1, -0.05) is 6.92 Å². The van der Waals surface area contributed by atoms with Crippen LogP contribution in [-0.4, -0.2) is 15.2 Å². The Morgan fingerprint density at radius 1 is 1.55 bits per heavy atom. The van der Waals surface area contributed by atoms with Crippen LogP contribution in [0, 0.1) is 0 Å². The third-order valence-corrected chi connectivity index (χ3v) is 2.39. The molecule has 1 heterocycles. The topological polar surface area (TPSA) is 17.8 Å². The number of alkyl halides is 1. The Hall–Kier alpha value is -0.500. The molecular weight excluding hydrogens is 160 g/mol. The summed E-state index contributed by atoms with van der Waals surface area (Å²) in [6, 6.07) is 2.00. The standard InChI is InChI=1S/C8H13ClN2/c1-6(7(2)9)8-4-5-10-11(8)3/h4-7H,1-3H3. The van der Waals surface area contributed by atoms with E-state index in [4.69, 9.17) is 11.6 Å². The van der Waals surface area contributed by atoms with Gasteiger partial charge >= 0.3 is 0 Å². The lowest BCUT2D eigenvalue weighted by Crippen LogP contribution is -2.09. The summed E-state index contributed by atoms with van der Waals surface area (Å²) in [5.41, 5.74) is 1.19. The summed E-state index contributed by atoms with van der Waals surface area (Å²) in [5, 5.41) is 4.24. The van der Waals surface area contributed by atoms with Crippen LogP contribution in [0.3, 0.4) is 0 Å². The molecular formula is C8H13ClN2. The fourth-order valence-electron chi connectivity index (χ4n) is 1.07. The number of hydrogen-bond donors (Lipinski definition) is 0. The minimum absolute atomic E-state index is 0.158. The molecule has 0 radical (unpaired) electrons. The molecule has 62 valence electrons. The SMILES string of the molecule is CC(Cl)C(C)c1ccnn1C. The van der Waals surface area contributed by atoms with E-state index in [1.165, 1.54) is 5.69 Å². The van der Waals surface area contributed by atoms with Crippen LogP contribution < -0.4 is 0 Å². The molecule has 0 bridgehead atoms. The van der Waals surface area contributed by atoms with Gasteiger partial charge in [-0.2, -0.15) is 5.10 Å². The van der Waals surface area contributed by atoms with Crippen LogP contribution in [0.2, 0.25) is 0 Å². The van der Waals surface area contributed by atoms with Crippen LogP contribution in [0.5, 0.6) is 0 Å². The summed E-state index contributed by atoms with van der Waals surface area (Å²) in [6.45, 7) is 4.11. The number of rotatable bonds is 2. The number of halogens is 1. The molecule has 0 aliphatic heterocycles. The Bertz CT molecular complexity index is 230. The van der Waals surface area contributed by atoms with E-state index < -0.39 is 0 Å². The molecule has 1 aromatic rings. The first-order chi connectivity index (χ1) is 5.13. The van der Waals surface area contributed by atoms with E-state index in [0.29, 0.717) is 5.92 Å². The zero-order valence-electron chi connectivity index (χ0n) is 7.08. The van der Waals surface area contributed by atoms with Gasteiger partial charge in [-0.25, -0.2) is 0 Å². The summed E-state index contributed by atoms with van der Waals surface area (Å²) in [5.74, 6) is 0.365. The summed E-state index contributed by atoms with van der Waals surface area (Å²) in [7, 11) is 1.94. The zero-order chi connectivity index (χ0) is 8.43. The Kier molecular flexibility index (Phi) is 2.55. The molecule has 0 fully saturated rings. The maximum Gasteiger partial charge on any atom is 0.0492 e. The van der Waals surface area contributed by atoms with E-state index in [2.05, 4.69) is 12.0 Å². The fraction of sp³-hybridized carbons (Fsp3) is 0.625. The van der Waals surface area contributed by atoms with E-state index in [1.807, 2.05) is 24.7 Å². The first-order valence-corrected chi connectivity index (χ1v) is 4.18. The van der Waals surface area contributed by atoms with Gasteiger partial charge in [0.25, 0.3) is 0 Å². The Morgan fingerprint density at radius 2 is 2.18 bits per heavy atom. The average Bonchev–Trinajstić information content (AvgIpc) is 2.33. The first kappa shape index (κ1) is 8.60. The summed E-state index contributed by atoms with van der Waals surface area (Å²) in [6.07, 6.45) is 1.80. The van der Waals surface area contributed by atoms with Gasteiger partial charge in [-0.15, -0.1) is 11.6 Å². The molecule has 2 atom stereocenters. The van der Waals surface area contributed by atoms with Crippen molar-refractivity contribution >= 4 is 11.6 Å². The molecule has 1 aromatic heterocycles. The van der Waals surface area contributed by atoms with E-state index >= 15 is 0 Å². The van der Waals surface area contributed by atoms with Crippen molar-refractivity contribution in [3.8, 4) is 0 Å². The predicted molar refractivity (Wildman–Crippen MR) is 46.9 cm³/mol. The van der Waals surface area contributed by atoms with Crippen LogP contribution in [0.4, 0.5) is 0 Å². The highest BCUT2D eigenvalue weighted by Gasteiger charge is 2.14. The van der Waals surface area contributed by atoms with Gasteiger partial charge in [0.05, 0.1) is 0 Å². The molecule has 0 spiro atoms. The van der Waals surface area contributed by atoms with Gasteiger partial charge in [0.1, 0.15) is 0 Å². The van der Waals surface area contributed by atoms with Crippen molar-refractivity contribution in [2.75, 3.05) is 0 Å². The first-order valence-electron chi connectivity index (χ1n) is 3.75. The number of hydrogen-bond acceptors (Lipinski definition) is 1. The molecule has 2 unspecified atom stereocenters. The minimum Gasteiger partial charge on any atom is -0.272 e. The third kappa shape index (κ3) is 1.74. The van der Waals surface area contributed by atoms with Crippen LogP contribution in [-0.2, 0) is 7.05 Å². The third-order valence-electron chi connectivity index (χ3n) is 2.01. The largest absolute Gasteiger partial charge is 0.272 e. The molecule has 3 heteroatoms. The van der Waals surface area contributed by atoms with E-state index in [1.54, 1.807) is 6.20 Å².